The molecule has 0 aromatic carbocycles. The third kappa shape index (κ3) is 5.29. The van der Waals surface area contributed by atoms with Crippen LogP contribution in [0.2, 0.25) is 0 Å². The predicted molar refractivity (Wildman–Crippen MR) is 149 cm³/mol. The first-order valence-corrected chi connectivity index (χ1v) is 15.2. The highest BCUT2D eigenvalue weighted by atomic mass is 19.1. The Morgan fingerprint density at radius 2 is 1.86 bits per heavy atom. The summed E-state index contributed by atoms with van der Waals surface area (Å²) in [6.07, 6.45) is 4.87. The van der Waals surface area contributed by atoms with Crippen molar-refractivity contribution >= 4 is 23.5 Å². The van der Waals surface area contributed by atoms with Crippen LogP contribution in [-0.4, -0.2) is 64.3 Å². The zero-order valence-electron chi connectivity index (χ0n) is 25.3. The molecule has 11 nitrogen and oxygen atoms in total. The van der Waals surface area contributed by atoms with Gasteiger partial charge in [0.25, 0.3) is 5.09 Å². The van der Waals surface area contributed by atoms with Gasteiger partial charge in [-0.1, -0.05) is 38.8 Å². The van der Waals surface area contributed by atoms with E-state index in [9.17, 15) is 34.4 Å². The summed E-state index contributed by atoms with van der Waals surface area (Å²) in [7, 11) is 0. The number of ketones is 2. The van der Waals surface area contributed by atoms with E-state index in [1.54, 1.807) is 26.8 Å². The fourth-order valence-corrected chi connectivity index (χ4v) is 8.63. The SMILES string of the molecule is CCCCC(=O)O[C@]1(C(=O)COC(=O)CCCO[N+](=O)[O-])[C@@H](C)CC2C3CCC4=CC(=O)C=C[C@]4(C)[C@@]3(F)[C@@H](O)C[C@@]21C. The highest BCUT2D eigenvalue weighted by molar-refractivity contribution is 6.01. The number of hydrogen-bond acceptors (Lipinski definition) is 10. The fraction of sp³-hybridized carbons (Fsp3) is 0.742. The monoisotopic (exact) mass is 607 g/mol. The number of fused-ring (bicyclic) bond motifs is 5. The van der Waals surface area contributed by atoms with E-state index in [-0.39, 0.29) is 38.1 Å². The predicted octanol–water partition coefficient (Wildman–Crippen LogP) is 4.18. The molecular weight excluding hydrogens is 565 g/mol. The molecule has 1 N–H and O–H groups in total. The first kappa shape index (κ1) is 32.8. The lowest BCUT2D eigenvalue weighted by atomic mass is 9.44. The van der Waals surface area contributed by atoms with Crippen molar-refractivity contribution < 1.29 is 48.1 Å². The molecule has 4 aliphatic rings. The number of aliphatic hydroxyl groups is 1. The third-order valence-electron chi connectivity index (χ3n) is 10.7. The van der Waals surface area contributed by atoms with Gasteiger partial charge in [-0.3, -0.25) is 19.2 Å². The van der Waals surface area contributed by atoms with Crippen LogP contribution in [0, 0.1) is 38.7 Å². The lowest BCUT2D eigenvalue weighted by Gasteiger charge is -2.62. The lowest BCUT2D eigenvalue weighted by Crippen LogP contribution is -2.70. The van der Waals surface area contributed by atoms with Gasteiger partial charge < -0.3 is 19.4 Å². The molecule has 4 aliphatic carbocycles. The van der Waals surface area contributed by atoms with Crippen LogP contribution in [0.4, 0.5) is 4.39 Å². The maximum atomic E-state index is 17.6. The molecule has 4 rings (SSSR count). The van der Waals surface area contributed by atoms with E-state index in [2.05, 4.69) is 4.84 Å². The molecule has 0 heterocycles. The van der Waals surface area contributed by atoms with E-state index in [0.29, 0.717) is 31.3 Å². The molecule has 238 valence electrons. The fourth-order valence-electron chi connectivity index (χ4n) is 8.63. The van der Waals surface area contributed by atoms with Gasteiger partial charge in [0.05, 0.1) is 12.7 Å². The third-order valence-corrected chi connectivity index (χ3v) is 10.7. The van der Waals surface area contributed by atoms with Gasteiger partial charge in [-0.2, -0.15) is 0 Å². The summed E-state index contributed by atoms with van der Waals surface area (Å²) in [4.78, 5) is 66.3. The molecule has 0 amide bonds. The number of unbranched alkanes of at least 4 members (excludes halogenated alkanes) is 1. The Kier molecular flexibility index (Phi) is 9.21. The number of halogens is 1. The molecule has 12 heteroatoms. The summed E-state index contributed by atoms with van der Waals surface area (Å²) in [6, 6.07) is 0. The molecule has 2 unspecified atom stereocenters. The number of nitrogens with zero attached hydrogens (tertiary/aromatic N) is 1. The molecule has 0 aromatic rings. The Bertz CT molecular complexity index is 1230. The maximum Gasteiger partial charge on any atom is 0.306 e. The van der Waals surface area contributed by atoms with Crippen LogP contribution in [0.5, 0.6) is 0 Å². The largest absolute Gasteiger partial charge is 0.457 e. The minimum absolute atomic E-state index is 0.00302. The van der Waals surface area contributed by atoms with Gasteiger partial charge in [0.1, 0.15) is 0 Å². The Morgan fingerprint density at radius 1 is 1.16 bits per heavy atom. The van der Waals surface area contributed by atoms with Crippen LogP contribution < -0.4 is 0 Å². The number of hydrogen-bond donors (Lipinski definition) is 1. The minimum Gasteiger partial charge on any atom is -0.457 e. The van der Waals surface area contributed by atoms with Gasteiger partial charge in [0.2, 0.25) is 5.78 Å². The number of rotatable bonds is 12. The lowest BCUT2D eigenvalue weighted by molar-refractivity contribution is -0.757. The van der Waals surface area contributed by atoms with Crippen LogP contribution in [0.1, 0.15) is 85.5 Å². The molecule has 0 spiro atoms. The van der Waals surface area contributed by atoms with E-state index < -0.39 is 75.4 Å². The van der Waals surface area contributed by atoms with Crippen LogP contribution in [0.3, 0.4) is 0 Å². The highest BCUT2D eigenvalue weighted by Crippen LogP contribution is 2.71. The van der Waals surface area contributed by atoms with E-state index >= 15 is 4.39 Å². The first-order valence-electron chi connectivity index (χ1n) is 15.2. The molecule has 0 aliphatic heterocycles. The van der Waals surface area contributed by atoms with Crippen LogP contribution in [0.15, 0.2) is 23.8 Å². The Morgan fingerprint density at radius 3 is 2.53 bits per heavy atom. The second kappa shape index (κ2) is 12.1. The molecule has 3 saturated carbocycles. The van der Waals surface area contributed by atoms with E-state index in [1.165, 1.54) is 12.2 Å². The Labute approximate surface area is 250 Å². The number of Topliss-reactive ketones (excluding diaryl/α,β-unsaturated/α-hetero) is 1. The molecule has 0 saturated heterocycles. The first-order chi connectivity index (χ1) is 20.2. The van der Waals surface area contributed by atoms with Crippen molar-refractivity contribution in [3.63, 3.8) is 0 Å². The van der Waals surface area contributed by atoms with E-state index in [4.69, 9.17) is 9.47 Å². The molecule has 8 atom stereocenters. The number of alkyl halides is 1. The Hall–Kier alpha value is -3.15. The number of carbonyl (C=O) groups is 4. The summed E-state index contributed by atoms with van der Waals surface area (Å²) < 4.78 is 28.9. The van der Waals surface area contributed by atoms with Gasteiger partial charge >= 0.3 is 11.9 Å². The zero-order valence-corrected chi connectivity index (χ0v) is 25.3. The standard InChI is InChI=1S/C31H42FNO10/c1-5-6-8-27(38)43-31(25(36)18-41-26(37)9-7-14-42-33(39)40)19(2)15-23-22-11-10-20-16-21(34)12-13-28(20,3)30(22,32)24(35)17-29(23,31)4/h12-13,16,19,22-24,35H,5-11,14-15,17-18H2,1-4H3/t19-,22?,23?,24-,28-,29-,30-,31-/m0/s1. The number of esters is 2. The van der Waals surface area contributed by atoms with Crippen LogP contribution in [0.25, 0.3) is 0 Å². The average Bonchev–Trinajstić information content (AvgIpc) is 3.16. The topological polar surface area (TPSA) is 159 Å². The normalized spacial score (nSPS) is 37.8. The smallest absolute Gasteiger partial charge is 0.306 e. The Balaban J connectivity index is 1.66. The van der Waals surface area contributed by atoms with Crippen molar-refractivity contribution in [1.82, 2.24) is 0 Å². The van der Waals surface area contributed by atoms with Crippen LogP contribution in [-0.2, 0) is 33.5 Å². The molecule has 0 radical (unpaired) electrons. The quantitative estimate of drug-likeness (QED) is 0.148. The number of aliphatic hydroxyl groups excluding tert-OH is 1. The summed E-state index contributed by atoms with van der Waals surface area (Å²) in [5.41, 5.74) is -5.66. The molecule has 3 fully saturated rings. The minimum atomic E-state index is -2.12. The summed E-state index contributed by atoms with van der Waals surface area (Å²) in [6.45, 7) is 6.14. The molecular formula is C31H42FNO10. The molecule has 43 heavy (non-hydrogen) atoms. The second-order valence-corrected chi connectivity index (χ2v) is 13.0. The van der Waals surface area contributed by atoms with Crippen molar-refractivity contribution in [2.75, 3.05) is 13.2 Å². The summed E-state index contributed by atoms with van der Waals surface area (Å²) in [5, 5.41) is 21.0. The second-order valence-electron chi connectivity index (χ2n) is 13.0. The number of ether oxygens (including phenoxy) is 2. The average molecular weight is 608 g/mol. The highest BCUT2D eigenvalue weighted by Gasteiger charge is 2.77. The van der Waals surface area contributed by atoms with Crippen molar-refractivity contribution in [2.45, 2.75) is 103 Å². The maximum absolute atomic E-state index is 17.6. The van der Waals surface area contributed by atoms with Gasteiger partial charge in [0.15, 0.2) is 23.7 Å². The van der Waals surface area contributed by atoms with Crippen molar-refractivity contribution in [2.24, 2.45) is 28.6 Å². The van der Waals surface area contributed by atoms with Crippen molar-refractivity contribution in [3.8, 4) is 0 Å². The molecule has 0 bridgehead atoms. The summed E-state index contributed by atoms with van der Waals surface area (Å²) in [5.74, 6) is -3.96. The molecule has 0 aromatic heterocycles. The zero-order chi connectivity index (χ0) is 31.8. The van der Waals surface area contributed by atoms with Crippen LogP contribution >= 0.6 is 0 Å². The van der Waals surface area contributed by atoms with Gasteiger partial charge in [0, 0.05) is 35.5 Å². The van der Waals surface area contributed by atoms with Crippen molar-refractivity contribution in [3.05, 3.63) is 33.9 Å². The number of carbonyl (C=O) groups excluding carboxylic acids is 4. The van der Waals surface area contributed by atoms with Gasteiger partial charge in [-0.25, -0.2) is 4.39 Å². The van der Waals surface area contributed by atoms with E-state index in [0.717, 1.165) is 6.42 Å². The van der Waals surface area contributed by atoms with Gasteiger partial charge in [-0.05, 0) is 63.5 Å². The number of allylic oxidation sites excluding steroid dienone is 4. The summed E-state index contributed by atoms with van der Waals surface area (Å²) >= 11 is 0. The van der Waals surface area contributed by atoms with E-state index in [1.807, 2.05) is 6.92 Å². The van der Waals surface area contributed by atoms with Gasteiger partial charge in [-0.15, -0.1) is 10.1 Å². The van der Waals surface area contributed by atoms with Crippen molar-refractivity contribution in [1.29, 1.82) is 0 Å².